The van der Waals surface area contributed by atoms with Gasteiger partial charge in [-0.1, -0.05) is 45.4 Å². The third kappa shape index (κ3) is 2.82. The first-order chi connectivity index (χ1) is 9.77. The van der Waals surface area contributed by atoms with Gasteiger partial charge in [0.1, 0.15) is 5.75 Å². The number of phenols is 1. The van der Waals surface area contributed by atoms with Crippen molar-refractivity contribution in [2.75, 3.05) is 0 Å². The molecule has 2 rings (SSSR count). The van der Waals surface area contributed by atoms with Crippen LogP contribution in [0.25, 0.3) is 5.57 Å². The van der Waals surface area contributed by atoms with E-state index in [1.165, 1.54) is 11.1 Å². The summed E-state index contributed by atoms with van der Waals surface area (Å²) in [5.41, 5.74) is 3.28. The molecule has 0 amide bonds. The average Bonchev–Trinajstić information content (AvgIpc) is 2.37. The van der Waals surface area contributed by atoms with Gasteiger partial charge in [-0.3, -0.25) is 4.79 Å². The van der Waals surface area contributed by atoms with Crippen molar-refractivity contribution in [2.45, 2.75) is 40.5 Å². The van der Waals surface area contributed by atoms with Crippen LogP contribution >= 0.6 is 0 Å². The van der Waals surface area contributed by atoms with Crippen molar-refractivity contribution in [3.63, 3.8) is 0 Å². The summed E-state index contributed by atoms with van der Waals surface area (Å²) < 4.78 is 0. The molecule has 3 heteroatoms. The molecule has 3 nitrogen and oxygen atoms in total. The molecule has 2 atom stereocenters. The third-order valence-corrected chi connectivity index (χ3v) is 4.77. The number of benzene rings is 1. The van der Waals surface area contributed by atoms with Crippen molar-refractivity contribution in [3.8, 4) is 5.75 Å². The minimum absolute atomic E-state index is 0.0278. The highest BCUT2D eigenvalue weighted by atomic mass is 16.4. The summed E-state index contributed by atoms with van der Waals surface area (Å²) >= 11 is 0. The summed E-state index contributed by atoms with van der Waals surface area (Å²) in [7, 11) is 0. The summed E-state index contributed by atoms with van der Waals surface area (Å²) in [5, 5.41) is 19.0. The van der Waals surface area contributed by atoms with Gasteiger partial charge in [0.05, 0.1) is 5.92 Å². The fourth-order valence-corrected chi connectivity index (χ4v) is 3.87. The molecule has 1 aromatic rings. The first kappa shape index (κ1) is 15.6. The SMILES string of the molecule is CCC1=C(c2ccc(O)cc2)CC(C)(C)C(C(=O)O)C1C. The van der Waals surface area contributed by atoms with Gasteiger partial charge < -0.3 is 10.2 Å². The van der Waals surface area contributed by atoms with Gasteiger partial charge in [0.25, 0.3) is 0 Å². The smallest absolute Gasteiger partial charge is 0.307 e. The topological polar surface area (TPSA) is 57.5 Å². The largest absolute Gasteiger partial charge is 0.508 e. The Kier molecular flexibility index (Phi) is 4.13. The van der Waals surface area contributed by atoms with Gasteiger partial charge in [0.2, 0.25) is 0 Å². The maximum atomic E-state index is 11.7. The Morgan fingerprint density at radius 3 is 2.33 bits per heavy atom. The van der Waals surface area contributed by atoms with E-state index in [2.05, 4.69) is 6.92 Å². The van der Waals surface area contributed by atoms with E-state index >= 15 is 0 Å². The van der Waals surface area contributed by atoms with E-state index in [1.807, 2.05) is 32.9 Å². The summed E-state index contributed by atoms with van der Waals surface area (Å²) in [6, 6.07) is 7.22. The Labute approximate surface area is 126 Å². The lowest BCUT2D eigenvalue weighted by atomic mass is 9.60. The number of carboxylic acids is 1. The second-order valence-electron chi connectivity index (χ2n) is 6.67. The van der Waals surface area contributed by atoms with Crippen LogP contribution in [0, 0.1) is 17.3 Å². The van der Waals surface area contributed by atoms with Crippen LogP contribution in [0.2, 0.25) is 0 Å². The van der Waals surface area contributed by atoms with Crippen LogP contribution in [-0.4, -0.2) is 16.2 Å². The zero-order chi connectivity index (χ0) is 15.8. The van der Waals surface area contributed by atoms with Crippen molar-refractivity contribution in [1.29, 1.82) is 0 Å². The van der Waals surface area contributed by atoms with Crippen LogP contribution in [0.15, 0.2) is 29.8 Å². The van der Waals surface area contributed by atoms with E-state index in [0.717, 1.165) is 18.4 Å². The van der Waals surface area contributed by atoms with Gasteiger partial charge in [-0.25, -0.2) is 0 Å². The van der Waals surface area contributed by atoms with E-state index < -0.39 is 5.97 Å². The van der Waals surface area contributed by atoms with Gasteiger partial charge in [-0.15, -0.1) is 0 Å². The number of rotatable bonds is 3. The molecule has 1 aliphatic rings. The summed E-state index contributed by atoms with van der Waals surface area (Å²) in [6.45, 7) is 8.19. The van der Waals surface area contributed by atoms with Gasteiger partial charge in [-0.2, -0.15) is 0 Å². The average molecular weight is 288 g/mol. The van der Waals surface area contributed by atoms with Crippen molar-refractivity contribution in [3.05, 3.63) is 35.4 Å². The lowest BCUT2D eigenvalue weighted by Gasteiger charge is -2.43. The number of carbonyl (C=O) groups is 1. The number of allylic oxidation sites excluding steroid dienone is 2. The normalized spacial score (nSPS) is 25.0. The Bertz CT molecular complexity index is 567. The molecule has 21 heavy (non-hydrogen) atoms. The molecule has 2 unspecified atom stereocenters. The predicted molar refractivity (Wildman–Crippen MR) is 84.0 cm³/mol. The standard InChI is InChI=1S/C18H24O3/c1-5-14-11(2)16(17(20)21)18(3,4)10-15(14)12-6-8-13(19)9-7-12/h6-9,11,16,19H,5,10H2,1-4H3,(H,20,21). The van der Waals surface area contributed by atoms with E-state index in [9.17, 15) is 15.0 Å². The van der Waals surface area contributed by atoms with Gasteiger partial charge in [0, 0.05) is 0 Å². The van der Waals surface area contributed by atoms with Gasteiger partial charge in [-0.05, 0) is 47.4 Å². The summed E-state index contributed by atoms with van der Waals surface area (Å²) in [4.78, 5) is 11.7. The molecule has 0 spiro atoms. The number of aromatic hydroxyl groups is 1. The molecule has 1 aromatic carbocycles. The zero-order valence-electron chi connectivity index (χ0n) is 13.2. The zero-order valence-corrected chi connectivity index (χ0v) is 13.2. The molecule has 0 radical (unpaired) electrons. The molecule has 0 bridgehead atoms. The van der Waals surface area contributed by atoms with E-state index in [1.54, 1.807) is 12.1 Å². The van der Waals surface area contributed by atoms with Gasteiger partial charge in [0.15, 0.2) is 0 Å². The molecule has 1 aliphatic carbocycles. The van der Waals surface area contributed by atoms with Crippen LogP contribution < -0.4 is 0 Å². The van der Waals surface area contributed by atoms with Crippen LogP contribution in [-0.2, 0) is 4.79 Å². The van der Waals surface area contributed by atoms with Crippen LogP contribution in [0.1, 0.15) is 46.1 Å². The van der Waals surface area contributed by atoms with Crippen LogP contribution in [0.3, 0.4) is 0 Å². The number of hydrogen-bond acceptors (Lipinski definition) is 2. The molecule has 0 aromatic heterocycles. The molecule has 114 valence electrons. The highest BCUT2D eigenvalue weighted by molar-refractivity contribution is 5.78. The lowest BCUT2D eigenvalue weighted by molar-refractivity contribution is -0.148. The minimum atomic E-state index is -0.705. The number of phenolic OH excluding ortho intramolecular Hbond substituents is 1. The van der Waals surface area contributed by atoms with Crippen LogP contribution in [0.5, 0.6) is 5.75 Å². The Hall–Kier alpha value is -1.77. The lowest BCUT2D eigenvalue weighted by Crippen LogP contribution is -2.40. The second-order valence-corrected chi connectivity index (χ2v) is 6.67. The summed E-state index contributed by atoms with van der Waals surface area (Å²) in [6.07, 6.45) is 1.61. The first-order valence-corrected chi connectivity index (χ1v) is 7.52. The Morgan fingerprint density at radius 1 is 1.29 bits per heavy atom. The van der Waals surface area contributed by atoms with E-state index in [4.69, 9.17) is 0 Å². The molecule has 0 saturated carbocycles. The quantitative estimate of drug-likeness (QED) is 0.870. The Balaban J connectivity index is 2.55. The Morgan fingerprint density at radius 2 is 1.86 bits per heavy atom. The van der Waals surface area contributed by atoms with Gasteiger partial charge >= 0.3 is 5.97 Å². The minimum Gasteiger partial charge on any atom is -0.508 e. The molecule has 0 heterocycles. The fourth-order valence-electron chi connectivity index (χ4n) is 3.87. The van der Waals surface area contributed by atoms with E-state index in [-0.39, 0.29) is 23.0 Å². The van der Waals surface area contributed by atoms with Crippen molar-refractivity contribution < 1.29 is 15.0 Å². The highest BCUT2D eigenvalue weighted by Crippen LogP contribution is 2.50. The number of carboxylic acid groups (broad SMARTS) is 1. The number of hydrogen-bond donors (Lipinski definition) is 2. The maximum absolute atomic E-state index is 11.7. The van der Waals surface area contributed by atoms with Crippen LogP contribution in [0.4, 0.5) is 0 Å². The van der Waals surface area contributed by atoms with E-state index in [0.29, 0.717) is 0 Å². The fraction of sp³-hybridized carbons (Fsp3) is 0.500. The monoisotopic (exact) mass is 288 g/mol. The molecule has 0 aliphatic heterocycles. The first-order valence-electron chi connectivity index (χ1n) is 7.52. The van der Waals surface area contributed by atoms with Crippen molar-refractivity contribution in [1.82, 2.24) is 0 Å². The molecule has 0 fully saturated rings. The van der Waals surface area contributed by atoms with Crippen molar-refractivity contribution >= 4 is 11.5 Å². The second kappa shape index (κ2) is 5.55. The highest BCUT2D eigenvalue weighted by Gasteiger charge is 2.44. The maximum Gasteiger partial charge on any atom is 0.307 e. The molecule has 0 saturated heterocycles. The summed E-state index contributed by atoms with van der Waals surface area (Å²) in [5.74, 6) is -0.777. The predicted octanol–water partition coefficient (Wildman–Crippen LogP) is 4.32. The third-order valence-electron chi connectivity index (χ3n) is 4.77. The van der Waals surface area contributed by atoms with Crippen molar-refractivity contribution in [2.24, 2.45) is 17.3 Å². The molecular formula is C18H24O3. The molecular weight excluding hydrogens is 264 g/mol. The number of aliphatic carboxylic acids is 1. The molecule has 2 N–H and O–H groups in total.